The monoisotopic (exact) mass is 616 g/mol. The van der Waals surface area contributed by atoms with E-state index in [0.29, 0.717) is 29.4 Å². The highest BCUT2D eigenvalue weighted by atomic mass is 35.5. The van der Waals surface area contributed by atoms with Crippen molar-refractivity contribution in [2.45, 2.75) is 83.1 Å². The number of nitrogen functional groups attached to an aromatic ring is 1. The molecule has 1 aromatic heterocycles. The first-order chi connectivity index (χ1) is 20.3. The van der Waals surface area contributed by atoms with E-state index < -0.39 is 5.41 Å². The number of hydrogen-bond donors (Lipinski definition) is 2. The molecule has 42 heavy (non-hydrogen) atoms. The average Bonchev–Trinajstić information content (AvgIpc) is 2.98. The highest BCUT2D eigenvalue weighted by Crippen LogP contribution is 2.45. The van der Waals surface area contributed by atoms with Crippen LogP contribution in [0.5, 0.6) is 0 Å². The molecule has 0 saturated heterocycles. The standard InChI is InChI=1S/C30H38Cl2N6O4/c31-21-11-13-22(14-12-21)37-38-24-25(32)35-29(33)36-26(24)34-23-15-30(16-23,17-41-27(39)19-7-3-1-4-8-19)18-42-28(40)20-9-5-2-6-10-20/h11-14,19-20,23H,1-10,15-18H2,(H3,33,34,35,36). The van der Waals surface area contributed by atoms with Gasteiger partial charge in [0.05, 0.1) is 17.5 Å². The molecule has 0 spiro atoms. The summed E-state index contributed by atoms with van der Waals surface area (Å²) in [6, 6.07) is 6.82. The lowest BCUT2D eigenvalue weighted by atomic mass is 9.66. The van der Waals surface area contributed by atoms with E-state index in [9.17, 15) is 9.59 Å². The summed E-state index contributed by atoms with van der Waals surface area (Å²) in [4.78, 5) is 34.1. The van der Waals surface area contributed by atoms with Gasteiger partial charge in [0.1, 0.15) is 13.2 Å². The van der Waals surface area contributed by atoms with Crippen LogP contribution >= 0.6 is 23.2 Å². The molecule has 0 atom stereocenters. The molecule has 12 heteroatoms. The van der Waals surface area contributed by atoms with Crippen molar-refractivity contribution in [2.75, 3.05) is 24.3 Å². The number of carbonyl (C=O) groups excluding carboxylic acids is 2. The Bertz CT molecular complexity index is 1240. The van der Waals surface area contributed by atoms with Crippen LogP contribution in [0.15, 0.2) is 34.5 Å². The Morgan fingerprint density at radius 2 is 1.40 bits per heavy atom. The van der Waals surface area contributed by atoms with Gasteiger partial charge in [-0.2, -0.15) is 15.1 Å². The van der Waals surface area contributed by atoms with Crippen LogP contribution in [0, 0.1) is 17.3 Å². The predicted octanol–water partition coefficient (Wildman–Crippen LogP) is 7.59. The number of hydrogen-bond acceptors (Lipinski definition) is 10. The molecule has 3 aliphatic carbocycles. The van der Waals surface area contributed by atoms with E-state index >= 15 is 0 Å². The molecule has 0 unspecified atom stereocenters. The normalized spacial score (nSPS) is 19.8. The molecule has 5 rings (SSSR count). The quantitative estimate of drug-likeness (QED) is 0.158. The number of esters is 2. The minimum absolute atomic E-state index is 0.00125. The molecule has 1 heterocycles. The Morgan fingerprint density at radius 1 is 0.857 bits per heavy atom. The number of azo groups is 1. The summed E-state index contributed by atoms with van der Waals surface area (Å²) < 4.78 is 11.7. The van der Waals surface area contributed by atoms with Gasteiger partial charge in [-0.05, 0) is 62.8 Å². The van der Waals surface area contributed by atoms with Gasteiger partial charge in [-0.1, -0.05) is 61.7 Å². The predicted molar refractivity (Wildman–Crippen MR) is 161 cm³/mol. The first kappa shape index (κ1) is 30.5. The van der Waals surface area contributed by atoms with Gasteiger partial charge in [0.25, 0.3) is 0 Å². The number of anilines is 2. The topological polar surface area (TPSA) is 141 Å². The minimum Gasteiger partial charge on any atom is -0.465 e. The minimum atomic E-state index is -0.486. The van der Waals surface area contributed by atoms with Gasteiger partial charge in [0, 0.05) is 16.5 Å². The maximum Gasteiger partial charge on any atom is 0.308 e. The molecule has 0 radical (unpaired) electrons. The summed E-state index contributed by atoms with van der Waals surface area (Å²) in [5.41, 5.74) is 6.25. The molecule has 226 valence electrons. The smallest absolute Gasteiger partial charge is 0.308 e. The lowest BCUT2D eigenvalue weighted by Crippen LogP contribution is -2.52. The fourth-order valence-electron chi connectivity index (χ4n) is 6.17. The van der Waals surface area contributed by atoms with Crippen molar-refractivity contribution in [3.05, 3.63) is 34.4 Å². The van der Waals surface area contributed by atoms with Gasteiger partial charge in [-0.3, -0.25) is 9.59 Å². The van der Waals surface area contributed by atoms with Crippen molar-refractivity contribution in [1.29, 1.82) is 0 Å². The highest BCUT2D eigenvalue weighted by molar-refractivity contribution is 6.32. The van der Waals surface area contributed by atoms with Crippen LogP contribution in [0.3, 0.4) is 0 Å². The van der Waals surface area contributed by atoms with Crippen LogP contribution in [0.1, 0.15) is 77.0 Å². The van der Waals surface area contributed by atoms with Crippen LogP contribution < -0.4 is 11.1 Å². The number of carbonyl (C=O) groups is 2. The Hall–Kier alpha value is -2.98. The van der Waals surface area contributed by atoms with E-state index in [1.807, 2.05) is 0 Å². The van der Waals surface area contributed by atoms with Crippen LogP contribution in [0.2, 0.25) is 10.2 Å². The zero-order chi connectivity index (χ0) is 29.5. The number of rotatable bonds is 10. The van der Waals surface area contributed by atoms with Crippen molar-refractivity contribution in [3.8, 4) is 0 Å². The van der Waals surface area contributed by atoms with Crippen molar-refractivity contribution < 1.29 is 19.1 Å². The molecular formula is C30H38Cl2N6O4. The molecule has 3 saturated carbocycles. The fraction of sp³-hybridized carbons (Fsp3) is 0.600. The summed E-state index contributed by atoms with van der Waals surface area (Å²) in [6.07, 6.45) is 11.2. The van der Waals surface area contributed by atoms with E-state index in [1.54, 1.807) is 24.3 Å². The third-order valence-corrected chi connectivity index (χ3v) is 9.08. The molecule has 2 aromatic rings. The summed E-state index contributed by atoms with van der Waals surface area (Å²) in [5.74, 6) is -0.0409. The van der Waals surface area contributed by atoms with Gasteiger partial charge in [0.15, 0.2) is 16.7 Å². The van der Waals surface area contributed by atoms with Gasteiger partial charge in [-0.25, -0.2) is 0 Å². The molecule has 3 fully saturated rings. The molecule has 3 aliphatic rings. The van der Waals surface area contributed by atoms with E-state index in [-0.39, 0.29) is 59.8 Å². The third kappa shape index (κ3) is 7.89. The first-order valence-electron chi connectivity index (χ1n) is 14.9. The van der Waals surface area contributed by atoms with Crippen molar-refractivity contribution >= 4 is 58.3 Å². The number of ether oxygens (including phenoxy) is 2. The van der Waals surface area contributed by atoms with E-state index in [2.05, 4.69) is 25.5 Å². The number of aromatic nitrogens is 2. The highest BCUT2D eigenvalue weighted by Gasteiger charge is 2.47. The van der Waals surface area contributed by atoms with E-state index in [0.717, 1.165) is 64.2 Å². The Kier molecular flexibility index (Phi) is 10.2. The van der Waals surface area contributed by atoms with Crippen LogP contribution in [-0.2, 0) is 19.1 Å². The van der Waals surface area contributed by atoms with Crippen molar-refractivity contribution in [2.24, 2.45) is 27.5 Å². The van der Waals surface area contributed by atoms with Gasteiger partial charge in [0.2, 0.25) is 5.95 Å². The summed E-state index contributed by atoms with van der Waals surface area (Å²) in [7, 11) is 0. The summed E-state index contributed by atoms with van der Waals surface area (Å²) in [6.45, 7) is 0.405. The van der Waals surface area contributed by atoms with Crippen LogP contribution in [0.4, 0.5) is 23.1 Å². The molecular weight excluding hydrogens is 579 g/mol. The molecule has 0 bridgehead atoms. The van der Waals surface area contributed by atoms with Gasteiger partial charge >= 0.3 is 11.9 Å². The lowest BCUT2D eigenvalue weighted by molar-refractivity contribution is -0.165. The summed E-state index contributed by atoms with van der Waals surface area (Å²) >= 11 is 12.3. The largest absolute Gasteiger partial charge is 0.465 e. The second-order valence-corrected chi connectivity index (χ2v) is 12.7. The van der Waals surface area contributed by atoms with Gasteiger partial charge in [-0.15, -0.1) is 5.11 Å². The van der Waals surface area contributed by atoms with Crippen molar-refractivity contribution in [3.63, 3.8) is 0 Å². The Morgan fingerprint density at radius 3 is 1.95 bits per heavy atom. The number of benzene rings is 1. The zero-order valence-corrected chi connectivity index (χ0v) is 25.2. The van der Waals surface area contributed by atoms with Gasteiger partial charge < -0.3 is 20.5 Å². The average molecular weight is 618 g/mol. The van der Waals surface area contributed by atoms with E-state index in [4.69, 9.17) is 38.4 Å². The maximum absolute atomic E-state index is 12.8. The lowest BCUT2D eigenvalue weighted by Gasteiger charge is -2.47. The zero-order valence-electron chi connectivity index (χ0n) is 23.7. The van der Waals surface area contributed by atoms with Crippen molar-refractivity contribution in [1.82, 2.24) is 9.97 Å². The maximum atomic E-state index is 12.8. The third-order valence-electron chi connectivity index (χ3n) is 8.57. The molecule has 10 nitrogen and oxygen atoms in total. The summed E-state index contributed by atoms with van der Waals surface area (Å²) in [5, 5.41) is 12.5. The van der Waals surface area contributed by atoms with E-state index in [1.165, 1.54) is 0 Å². The number of halogens is 2. The SMILES string of the molecule is Nc1nc(Cl)c(N=Nc2ccc(Cl)cc2)c(NC2CC(COC(=O)C3CCCCC3)(COC(=O)C3CCCCC3)C2)n1. The molecule has 0 aliphatic heterocycles. The van der Waals surface area contributed by atoms with Crippen LogP contribution in [0.25, 0.3) is 0 Å². The second-order valence-electron chi connectivity index (χ2n) is 11.9. The molecule has 0 amide bonds. The van der Waals surface area contributed by atoms with Crippen LogP contribution in [-0.4, -0.2) is 41.2 Å². The molecule has 3 N–H and O–H groups in total. The number of nitrogens with one attached hydrogen (secondary N) is 1. The number of nitrogens with two attached hydrogens (primary N) is 1. The Labute approximate surface area is 256 Å². The first-order valence-corrected chi connectivity index (χ1v) is 15.7. The number of nitrogens with zero attached hydrogens (tertiary/aromatic N) is 4. The Balaban J connectivity index is 1.26. The second kappa shape index (κ2) is 14.0. The fourth-order valence-corrected chi connectivity index (χ4v) is 6.51. The molecule has 1 aromatic carbocycles.